The number of benzene rings is 2. The summed E-state index contributed by atoms with van der Waals surface area (Å²) in [4.78, 5) is 53.8. The highest BCUT2D eigenvalue weighted by atomic mass is 16.5. The summed E-state index contributed by atoms with van der Waals surface area (Å²) in [5, 5.41) is 8.43. The van der Waals surface area contributed by atoms with Crippen molar-refractivity contribution in [1.29, 1.82) is 0 Å². The van der Waals surface area contributed by atoms with E-state index in [4.69, 9.17) is 4.74 Å². The summed E-state index contributed by atoms with van der Waals surface area (Å²) >= 11 is 0. The van der Waals surface area contributed by atoms with Gasteiger partial charge in [-0.25, -0.2) is 0 Å². The topological polar surface area (TPSA) is 117 Å². The number of fused-ring (bicyclic) bond motifs is 4. The molecule has 4 rings (SSSR count). The van der Waals surface area contributed by atoms with Gasteiger partial charge in [-0.3, -0.25) is 19.2 Å². The zero-order valence-corrected chi connectivity index (χ0v) is 23.4. The molecule has 2 aliphatic heterocycles. The molecule has 9 nitrogen and oxygen atoms in total. The maximum atomic E-state index is 13.4. The highest BCUT2D eigenvalue weighted by molar-refractivity contribution is 5.94. The normalized spacial score (nSPS) is 22.7. The van der Waals surface area contributed by atoms with E-state index in [-0.39, 0.29) is 24.8 Å². The number of amides is 4. The lowest BCUT2D eigenvalue weighted by atomic mass is 9.94. The summed E-state index contributed by atoms with van der Waals surface area (Å²) in [6.07, 6.45) is 3.47. The summed E-state index contributed by atoms with van der Waals surface area (Å²) in [5.74, 6) is -0.428. The van der Waals surface area contributed by atoms with Crippen molar-refractivity contribution in [1.82, 2.24) is 20.9 Å². The predicted octanol–water partition coefficient (Wildman–Crippen LogP) is 2.64. The second kappa shape index (κ2) is 14.0. The van der Waals surface area contributed by atoms with Crippen molar-refractivity contribution in [2.45, 2.75) is 71.0 Å². The highest BCUT2D eigenvalue weighted by Gasteiger charge is 2.31. The molecule has 2 aliphatic rings. The van der Waals surface area contributed by atoms with Crippen molar-refractivity contribution in [3.63, 3.8) is 0 Å². The van der Waals surface area contributed by atoms with Crippen molar-refractivity contribution in [3.05, 3.63) is 65.2 Å². The molecule has 1 fully saturated rings. The minimum absolute atomic E-state index is 0.161. The monoisotopic (exact) mass is 548 g/mol. The summed E-state index contributed by atoms with van der Waals surface area (Å²) < 4.78 is 6.05. The molecular formula is C31H40N4O5. The summed E-state index contributed by atoms with van der Waals surface area (Å²) in [6, 6.07) is 13.7. The second-order valence-corrected chi connectivity index (χ2v) is 10.8. The number of carbonyl (C=O) groups is 4. The lowest BCUT2D eigenvalue weighted by molar-refractivity contribution is -0.138. The van der Waals surface area contributed by atoms with Crippen LogP contribution in [0, 0.1) is 12.8 Å². The number of piperidine rings is 1. The molecular weight excluding hydrogens is 508 g/mol. The number of hydrogen-bond acceptors (Lipinski definition) is 5. The minimum atomic E-state index is -1.07. The quantitative estimate of drug-likeness (QED) is 0.543. The molecule has 0 radical (unpaired) electrons. The van der Waals surface area contributed by atoms with Gasteiger partial charge in [0.2, 0.25) is 23.6 Å². The largest absolute Gasteiger partial charge is 0.494 e. The standard InChI is InChI=1S/C31H40N4O5/c1-21-10-12-26-17-25(21)19-32-30(38)27(13-11-23-7-4-3-5-8-23)34-31(39)28(33-22(2)36)18-29(37)35-15-6-9-24(20-35)14-16-40-26/h3-5,7-8,10,12,17,24,27-28H,6,9,11,13-16,18-20H2,1-2H3,(H,32,38)(H,33,36)(H,34,39)/t24?,27-,28-/m0/s1. The number of rotatable bonds is 4. The van der Waals surface area contributed by atoms with Crippen LogP contribution in [0.5, 0.6) is 5.75 Å². The van der Waals surface area contributed by atoms with Crippen molar-refractivity contribution in [2.75, 3.05) is 19.7 Å². The molecule has 214 valence electrons. The van der Waals surface area contributed by atoms with Crippen LogP contribution >= 0.6 is 0 Å². The van der Waals surface area contributed by atoms with E-state index in [1.54, 1.807) is 4.90 Å². The molecule has 0 aromatic heterocycles. The molecule has 4 amide bonds. The number of aryl methyl sites for hydroxylation is 2. The summed E-state index contributed by atoms with van der Waals surface area (Å²) in [7, 11) is 0. The maximum Gasteiger partial charge on any atom is 0.243 e. The molecule has 0 aliphatic carbocycles. The Balaban J connectivity index is 1.59. The van der Waals surface area contributed by atoms with Crippen LogP contribution in [0.4, 0.5) is 0 Å². The zero-order chi connectivity index (χ0) is 28.5. The molecule has 2 aromatic rings. The number of ether oxygens (including phenoxy) is 1. The number of hydrogen-bond donors (Lipinski definition) is 3. The molecule has 3 N–H and O–H groups in total. The Labute approximate surface area is 236 Å². The van der Waals surface area contributed by atoms with Gasteiger partial charge in [0.25, 0.3) is 0 Å². The first-order valence-electron chi connectivity index (χ1n) is 14.2. The van der Waals surface area contributed by atoms with E-state index >= 15 is 0 Å². The summed E-state index contributed by atoms with van der Waals surface area (Å²) in [5.41, 5.74) is 3.00. The van der Waals surface area contributed by atoms with Crippen LogP contribution in [0.2, 0.25) is 0 Å². The van der Waals surface area contributed by atoms with Crippen LogP contribution in [-0.2, 0) is 32.1 Å². The molecule has 9 heteroatoms. The molecule has 4 bridgehead atoms. The molecule has 2 aromatic carbocycles. The van der Waals surface area contributed by atoms with Gasteiger partial charge in [0.05, 0.1) is 13.0 Å². The Morgan fingerprint density at radius 3 is 2.65 bits per heavy atom. The first-order chi connectivity index (χ1) is 19.3. The van der Waals surface area contributed by atoms with E-state index in [1.807, 2.05) is 55.5 Å². The van der Waals surface area contributed by atoms with E-state index in [0.717, 1.165) is 41.7 Å². The van der Waals surface area contributed by atoms with Gasteiger partial charge in [-0.2, -0.15) is 0 Å². The summed E-state index contributed by atoms with van der Waals surface area (Å²) in [6.45, 7) is 5.32. The Morgan fingerprint density at radius 2 is 1.88 bits per heavy atom. The third-order valence-electron chi connectivity index (χ3n) is 7.71. The molecule has 0 saturated carbocycles. The van der Waals surface area contributed by atoms with Gasteiger partial charge in [-0.05, 0) is 73.8 Å². The van der Waals surface area contributed by atoms with Crippen LogP contribution in [0.15, 0.2) is 48.5 Å². The SMILES string of the molecule is CC(=O)N[C@H]1CC(=O)N2CCCC(CCOc3ccc(C)c(c3)CNC(=O)[C@H](CCc3ccccc3)NC1=O)C2. The van der Waals surface area contributed by atoms with Crippen LogP contribution < -0.4 is 20.7 Å². The third-order valence-corrected chi connectivity index (χ3v) is 7.71. The molecule has 1 unspecified atom stereocenters. The molecule has 0 spiro atoms. The molecule has 2 heterocycles. The predicted molar refractivity (Wildman–Crippen MR) is 151 cm³/mol. The van der Waals surface area contributed by atoms with Crippen LogP contribution in [-0.4, -0.2) is 60.3 Å². The van der Waals surface area contributed by atoms with Crippen molar-refractivity contribution >= 4 is 23.6 Å². The molecule has 3 atom stereocenters. The average Bonchev–Trinajstić information content (AvgIpc) is 2.94. The van der Waals surface area contributed by atoms with E-state index in [0.29, 0.717) is 38.5 Å². The van der Waals surface area contributed by atoms with E-state index in [2.05, 4.69) is 16.0 Å². The van der Waals surface area contributed by atoms with E-state index in [1.165, 1.54) is 6.92 Å². The fraction of sp³-hybridized carbons (Fsp3) is 0.484. The van der Waals surface area contributed by atoms with Gasteiger partial charge < -0.3 is 25.6 Å². The van der Waals surface area contributed by atoms with Crippen LogP contribution in [0.1, 0.15) is 55.7 Å². The lowest BCUT2D eigenvalue weighted by Gasteiger charge is -2.34. The second-order valence-electron chi connectivity index (χ2n) is 10.8. The first kappa shape index (κ1) is 29.1. The first-order valence-corrected chi connectivity index (χ1v) is 14.2. The average molecular weight is 549 g/mol. The molecule has 1 saturated heterocycles. The Hall–Kier alpha value is -3.88. The van der Waals surface area contributed by atoms with Crippen molar-refractivity contribution < 1.29 is 23.9 Å². The van der Waals surface area contributed by atoms with E-state index < -0.39 is 23.9 Å². The van der Waals surface area contributed by atoms with Crippen LogP contribution in [0.25, 0.3) is 0 Å². The minimum Gasteiger partial charge on any atom is -0.494 e. The highest BCUT2D eigenvalue weighted by Crippen LogP contribution is 2.23. The van der Waals surface area contributed by atoms with Gasteiger partial charge in [-0.15, -0.1) is 0 Å². The maximum absolute atomic E-state index is 13.4. The van der Waals surface area contributed by atoms with Crippen molar-refractivity contribution in [3.8, 4) is 5.75 Å². The third kappa shape index (κ3) is 8.31. The van der Waals surface area contributed by atoms with Gasteiger partial charge in [0.15, 0.2) is 0 Å². The fourth-order valence-electron chi connectivity index (χ4n) is 5.36. The Bertz CT molecular complexity index is 1200. The van der Waals surface area contributed by atoms with Gasteiger partial charge >= 0.3 is 0 Å². The van der Waals surface area contributed by atoms with Gasteiger partial charge in [-0.1, -0.05) is 36.4 Å². The number of nitrogens with zero attached hydrogens (tertiary/aromatic N) is 1. The molecule has 40 heavy (non-hydrogen) atoms. The van der Waals surface area contributed by atoms with Crippen LogP contribution in [0.3, 0.4) is 0 Å². The zero-order valence-electron chi connectivity index (χ0n) is 23.4. The van der Waals surface area contributed by atoms with Gasteiger partial charge in [0.1, 0.15) is 17.8 Å². The van der Waals surface area contributed by atoms with Gasteiger partial charge in [0, 0.05) is 26.6 Å². The van der Waals surface area contributed by atoms with Crippen molar-refractivity contribution in [2.24, 2.45) is 5.92 Å². The Kier molecular flexibility index (Phi) is 10.2. The number of carbonyl (C=O) groups excluding carboxylic acids is 4. The smallest absolute Gasteiger partial charge is 0.243 e. The fourth-order valence-corrected chi connectivity index (χ4v) is 5.36. The number of nitrogens with one attached hydrogen (secondary N) is 3. The lowest BCUT2D eigenvalue weighted by Crippen LogP contribution is -2.55. The Morgan fingerprint density at radius 1 is 1.07 bits per heavy atom. The van der Waals surface area contributed by atoms with E-state index in [9.17, 15) is 19.2 Å².